The van der Waals surface area contributed by atoms with Crippen molar-refractivity contribution >= 4 is 49.6 Å². The van der Waals surface area contributed by atoms with Crippen molar-refractivity contribution in [3.63, 3.8) is 0 Å². The Morgan fingerprint density at radius 2 is 2.19 bits per heavy atom. The molecule has 1 amide bonds. The van der Waals surface area contributed by atoms with Crippen LogP contribution in [0.15, 0.2) is 23.6 Å². The molecule has 0 radical (unpaired) electrons. The number of hydrogen-bond donors (Lipinski definition) is 2. The molecule has 1 aromatic carbocycles. The van der Waals surface area contributed by atoms with Gasteiger partial charge < -0.3 is 10.6 Å². The number of anilines is 2. The first-order valence-electron chi connectivity index (χ1n) is 6.43. The fourth-order valence-corrected chi connectivity index (χ4v) is 3.45. The molecule has 3 rings (SSSR count). The van der Waals surface area contributed by atoms with E-state index in [1.165, 1.54) is 6.92 Å². The van der Waals surface area contributed by atoms with Gasteiger partial charge >= 0.3 is 0 Å². The van der Waals surface area contributed by atoms with E-state index >= 15 is 0 Å². The number of hydrogen-bond acceptors (Lipinski definition) is 6. The van der Waals surface area contributed by atoms with E-state index in [-0.39, 0.29) is 5.91 Å². The Kier molecular flexibility index (Phi) is 3.85. The number of benzene rings is 1. The van der Waals surface area contributed by atoms with Gasteiger partial charge in [-0.15, -0.1) is 11.3 Å². The van der Waals surface area contributed by atoms with E-state index < -0.39 is 0 Å². The number of fused-ring (bicyclic) bond motifs is 1. The van der Waals surface area contributed by atoms with Crippen molar-refractivity contribution in [2.75, 3.05) is 10.6 Å². The summed E-state index contributed by atoms with van der Waals surface area (Å²) < 4.78 is 1.04. The van der Waals surface area contributed by atoms with Crippen LogP contribution >= 0.6 is 22.7 Å². The van der Waals surface area contributed by atoms with Gasteiger partial charge in [0.2, 0.25) is 5.91 Å². The maximum absolute atomic E-state index is 11.1. The Hall–Kier alpha value is -1.99. The van der Waals surface area contributed by atoms with Gasteiger partial charge in [-0.2, -0.15) is 0 Å². The van der Waals surface area contributed by atoms with Crippen LogP contribution in [-0.2, 0) is 11.3 Å². The molecular formula is C14H14N4OS2. The quantitative estimate of drug-likeness (QED) is 0.771. The second kappa shape index (κ2) is 5.79. The smallest absolute Gasteiger partial charge is 0.221 e. The van der Waals surface area contributed by atoms with Gasteiger partial charge in [0.25, 0.3) is 0 Å². The lowest BCUT2D eigenvalue weighted by atomic mass is 10.3. The van der Waals surface area contributed by atoms with Crippen molar-refractivity contribution in [3.8, 4) is 0 Å². The van der Waals surface area contributed by atoms with E-state index in [0.717, 1.165) is 31.7 Å². The van der Waals surface area contributed by atoms with Gasteiger partial charge in [0.15, 0.2) is 5.13 Å². The van der Waals surface area contributed by atoms with Crippen molar-refractivity contribution < 1.29 is 4.79 Å². The third kappa shape index (κ3) is 3.37. The second-order valence-corrected chi connectivity index (χ2v) is 6.69. The predicted octanol–water partition coefficient (Wildman–Crippen LogP) is 3.63. The molecule has 0 spiro atoms. The third-order valence-electron chi connectivity index (χ3n) is 2.80. The third-order valence-corrected chi connectivity index (χ3v) is 4.59. The molecule has 0 atom stereocenters. The molecule has 0 unspecified atom stereocenters. The highest BCUT2D eigenvalue weighted by molar-refractivity contribution is 7.22. The lowest BCUT2D eigenvalue weighted by Crippen LogP contribution is -2.05. The molecule has 0 aliphatic heterocycles. The number of carbonyl (C=O) groups is 1. The van der Waals surface area contributed by atoms with E-state index in [9.17, 15) is 4.79 Å². The SMILES string of the molecule is CC(=O)Nc1ccc2nc(NCc3csc(C)n3)sc2c1. The van der Waals surface area contributed by atoms with Gasteiger partial charge in [-0.3, -0.25) is 4.79 Å². The molecule has 0 fully saturated rings. The van der Waals surface area contributed by atoms with E-state index in [1.807, 2.05) is 30.5 Å². The summed E-state index contributed by atoms with van der Waals surface area (Å²) in [7, 11) is 0. The van der Waals surface area contributed by atoms with Crippen LogP contribution in [0, 0.1) is 6.92 Å². The number of nitrogens with one attached hydrogen (secondary N) is 2. The van der Waals surface area contributed by atoms with Crippen LogP contribution in [-0.4, -0.2) is 15.9 Å². The molecular weight excluding hydrogens is 304 g/mol. The number of rotatable bonds is 4. The topological polar surface area (TPSA) is 66.9 Å². The first-order chi connectivity index (χ1) is 10.1. The van der Waals surface area contributed by atoms with Crippen LogP contribution in [0.4, 0.5) is 10.8 Å². The minimum Gasteiger partial charge on any atom is -0.356 e. The summed E-state index contributed by atoms with van der Waals surface area (Å²) in [6.45, 7) is 4.16. The number of carbonyl (C=O) groups excluding carboxylic acids is 1. The standard InChI is InChI=1S/C14H14N4OS2/c1-8(19)16-10-3-4-12-13(5-10)21-14(18-12)15-6-11-7-20-9(2)17-11/h3-5,7H,6H2,1-2H3,(H,15,18)(H,16,19). The molecule has 0 aliphatic carbocycles. The van der Waals surface area contributed by atoms with Gasteiger partial charge in [-0.25, -0.2) is 9.97 Å². The van der Waals surface area contributed by atoms with E-state index in [1.54, 1.807) is 22.7 Å². The second-order valence-electron chi connectivity index (χ2n) is 4.59. The van der Waals surface area contributed by atoms with Gasteiger partial charge in [0.05, 0.1) is 27.5 Å². The van der Waals surface area contributed by atoms with Crippen molar-refractivity contribution in [1.29, 1.82) is 0 Å². The minimum atomic E-state index is -0.0730. The molecule has 0 aliphatic rings. The van der Waals surface area contributed by atoms with E-state index in [4.69, 9.17) is 0 Å². The first-order valence-corrected chi connectivity index (χ1v) is 8.13. The summed E-state index contributed by atoms with van der Waals surface area (Å²) in [6.07, 6.45) is 0. The highest BCUT2D eigenvalue weighted by atomic mass is 32.1. The van der Waals surface area contributed by atoms with Crippen molar-refractivity contribution in [3.05, 3.63) is 34.3 Å². The van der Waals surface area contributed by atoms with Crippen LogP contribution in [0.5, 0.6) is 0 Å². The van der Waals surface area contributed by atoms with Gasteiger partial charge in [0, 0.05) is 18.0 Å². The summed E-state index contributed by atoms with van der Waals surface area (Å²) in [5.74, 6) is -0.0730. The van der Waals surface area contributed by atoms with E-state index in [0.29, 0.717) is 6.54 Å². The number of amides is 1. The summed E-state index contributed by atoms with van der Waals surface area (Å²) in [5.41, 5.74) is 2.74. The Labute approximate surface area is 130 Å². The summed E-state index contributed by atoms with van der Waals surface area (Å²) in [6, 6.07) is 5.71. The molecule has 21 heavy (non-hydrogen) atoms. The predicted molar refractivity (Wildman–Crippen MR) is 88.1 cm³/mol. The lowest BCUT2D eigenvalue weighted by Gasteiger charge is -1.99. The molecule has 2 heterocycles. The fourth-order valence-electron chi connectivity index (χ4n) is 1.94. The average molecular weight is 318 g/mol. The molecule has 2 aromatic heterocycles. The zero-order valence-electron chi connectivity index (χ0n) is 11.6. The molecule has 0 saturated heterocycles. The van der Waals surface area contributed by atoms with Gasteiger partial charge in [-0.1, -0.05) is 11.3 Å². The Morgan fingerprint density at radius 1 is 1.33 bits per heavy atom. The maximum Gasteiger partial charge on any atom is 0.221 e. The monoisotopic (exact) mass is 318 g/mol. The van der Waals surface area contributed by atoms with Crippen LogP contribution < -0.4 is 10.6 Å². The molecule has 0 saturated carbocycles. The summed E-state index contributed by atoms with van der Waals surface area (Å²) in [4.78, 5) is 20.0. The number of aromatic nitrogens is 2. The van der Waals surface area contributed by atoms with Crippen molar-refractivity contribution in [2.45, 2.75) is 20.4 Å². The van der Waals surface area contributed by atoms with Crippen molar-refractivity contribution in [2.24, 2.45) is 0 Å². The zero-order chi connectivity index (χ0) is 14.8. The Balaban J connectivity index is 1.75. The Bertz CT molecular complexity index is 793. The molecule has 7 heteroatoms. The van der Waals surface area contributed by atoms with Gasteiger partial charge in [-0.05, 0) is 25.1 Å². The van der Waals surface area contributed by atoms with Crippen LogP contribution in [0.1, 0.15) is 17.6 Å². The fraction of sp³-hybridized carbons (Fsp3) is 0.214. The van der Waals surface area contributed by atoms with Gasteiger partial charge in [0.1, 0.15) is 0 Å². The highest BCUT2D eigenvalue weighted by Gasteiger charge is 2.06. The molecule has 108 valence electrons. The van der Waals surface area contributed by atoms with Crippen LogP contribution in [0.3, 0.4) is 0 Å². The van der Waals surface area contributed by atoms with E-state index in [2.05, 4.69) is 20.6 Å². The molecule has 2 N–H and O–H groups in total. The average Bonchev–Trinajstić information content (AvgIpc) is 3.01. The van der Waals surface area contributed by atoms with Crippen LogP contribution in [0.25, 0.3) is 10.2 Å². The normalized spacial score (nSPS) is 10.8. The summed E-state index contributed by atoms with van der Waals surface area (Å²) in [5, 5.41) is 10.0. The summed E-state index contributed by atoms with van der Waals surface area (Å²) >= 11 is 3.21. The largest absolute Gasteiger partial charge is 0.356 e. The number of nitrogens with zero attached hydrogens (tertiary/aromatic N) is 2. The minimum absolute atomic E-state index is 0.0730. The zero-order valence-corrected chi connectivity index (χ0v) is 13.3. The van der Waals surface area contributed by atoms with Crippen LogP contribution in [0.2, 0.25) is 0 Å². The molecule has 5 nitrogen and oxygen atoms in total. The first kappa shape index (κ1) is 14.0. The maximum atomic E-state index is 11.1. The molecule has 0 bridgehead atoms. The van der Waals surface area contributed by atoms with Crippen molar-refractivity contribution in [1.82, 2.24) is 9.97 Å². The highest BCUT2D eigenvalue weighted by Crippen LogP contribution is 2.28. The number of aryl methyl sites for hydroxylation is 1. The molecule has 3 aromatic rings. The number of thiazole rings is 2. The lowest BCUT2D eigenvalue weighted by molar-refractivity contribution is -0.114. The Morgan fingerprint density at radius 3 is 2.90 bits per heavy atom.